The van der Waals surface area contributed by atoms with Crippen LogP contribution in [0, 0.1) is 4.84 Å². The standard InChI is InChI=1S/C20H20N4O4S/c25-16-4-2-15(3-5-16)23-9-7-22(8-10-23)12-24-20(29)28-19(21-24)14-1-6-17-18(11-14)27-13-26-17/h1-6,11,25H,7-10,12-13H2/p+1. The Labute approximate surface area is 172 Å². The van der Waals surface area contributed by atoms with E-state index in [-0.39, 0.29) is 12.5 Å². The van der Waals surface area contributed by atoms with Gasteiger partial charge in [-0.25, -0.2) is 0 Å². The number of hydrogen-bond acceptors (Lipinski definition) is 7. The Bertz CT molecular complexity index is 1070. The van der Waals surface area contributed by atoms with Gasteiger partial charge in [0.25, 0.3) is 4.84 Å². The van der Waals surface area contributed by atoms with Crippen LogP contribution in [0.1, 0.15) is 0 Å². The highest BCUT2D eigenvalue weighted by atomic mass is 32.1. The molecule has 0 saturated carbocycles. The molecule has 2 aromatic carbocycles. The summed E-state index contributed by atoms with van der Waals surface area (Å²) in [5.74, 6) is 2.18. The van der Waals surface area contributed by atoms with Crippen LogP contribution in [0.15, 0.2) is 46.9 Å². The van der Waals surface area contributed by atoms with Crippen molar-refractivity contribution in [3.63, 3.8) is 0 Å². The fraction of sp³-hybridized carbons (Fsp3) is 0.300. The molecule has 2 N–H and O–H groups in total. The van der Waals surface area contributed by atoms with Crippen LogP contribution >= 0.6 is 12.2 Å². The highest BCUT2D eigenvalue weighted by Crippen LogP contribution is 2.35. The van der Waals surface area contributed by atoms with Crippen LogP contribution in [0.2, 0.25) is 0 Å². The van der Waals surface area contributed by atoms with Gasteiger partial charge in [0, 0.05) is 11.3 Å². The zero-order valence-electron chi connectivity index (χ0n) is 15.7. The fourth-order valence-corrected chi connectivity index (χ4v) is 3.85. The van der Waals surface area contributed by atoms with Crippen LogP contribution in [-0.2, 0) is 6.67 Å². The first-order valence-corrected chi connectivity index (χ1v) is 9.92. The van der Waals surface area contributed by atoms with E-state index < -0.39 is 0 Å². The number of nitrogens with zero attached hydrogens (tertiary/aromatic N) is 3. The van der Waals surface area contributed by atoms with Crippen molar-refractivity contribution in [1.29, 1.82) is 0 Å². The van der Waals surface area contributed by atoms with Crippen molar-refractivity contribution in [3.05, 3.63) is 47.3 Å². The lowest BCUT2D eigenvalue weighted by Crippen LogP contribution is -3.14. The Morgan fingerprint density at radius 1 is 1.03 bits per heavy atom. The minimum absolute atomic E-state index is 0.232. The summed E-state index contributed by atoms with van der Waals surface area (Å²) >= 11 is 5.38. The summed E-state index contributed by atoms with van der Waals surface area (Å²) in [5.41, 5.74) is 1.94. The molecule has 150 valence electrons. The number of rotatable bonds is 4. The summed E-state index contributed by atoms with van der Waals surface area (Å²) < 4.78 is 18.2. The normalized spacial score (nSPS) is 16.3. The Hall–Kier alpha value is -3.04. The number of fused-ring (bicyclic) bond motifs is 1. The number of anilines is 1. The second kappa shape index (κ2) is 7.41. The molecule has 2 aliphatic rings. The van der Waals surface area contributed by atoms with Crippen LogP contribution in [0.25, 0.3) is 11.5 Å². The van der Waals surface area contributed by atoms with E-state index in [9.17, 15) is 5.11 Å². The fourth-order valence-electron chi connectivity index (χ4n) is 3.67. The molecule has 1 saturated heterocycles. The maximum Gasteiger partial charge on any atom is 0.292 e. The van der Waals surface area contributed by atoms with Crippen molar-refractivity contribution >= 4 is 17.9 Å². The number of quaternary nitrogens is 1. The van der Waals surface area contributed by atoms with Gasteiger partial charge in [-0.2, -0.15) is 4.68 Å². The van der Waals surface area contributed by atoms with E-state index in [0.717, 1.165) is 43.2 Å². The zero-order valence-corrected chi connectivity index (χ0v) is 16.5. The van der Waals surface area contributed by atoms with Crippen LogP contribution in [0.3, 0.4) is 0 Å². The molecule has 2 aliphatic heterocycles. The maximum atomic E-state index is 9.45. The number of phenols is 1. The van der Waals surface area contributed by atoms with E-state index >= 15 is 0 Å². The van der Waals surface area contributed by atoms with Crippen molar-refractivity contribution in [2.45, 2.75) is 6.67 Å². The van der Waals surface area contributed by atoms with Crippen molar-refractivity contribution in [2.75, 3.05) is 37.9 Å². The van der Waals surface area contributed by atoms with Crippen molar-refractivity contribution < 1.29 is 23.9 Å². The van der Waals surface area contributed by atoms with E-state index in [0.29, 0.717) is 23.1 Å². The Morgan fingerprint density at radius 2 is 1.79 bits per heavy atom. The molecule has 8 nitrogen and oxygen atoms in total. The molecular weight excluding hydrogens is 392 g/mol. The third kappa shape index (κ3) is 3.66. The summed E-state index contributed by atoms with van der Waals surface area (Å²) in [6, 6.07) is 12.9. The minimum atomic E-state index is 0.232. The van der Waals surface area contributed by atoms with E-state index in [1.54, 1.807) is 16.8 Å². The van der Waals surface area contributed by atoms with Gasteiger partial charge in [0.15, 0.2) is 18.2 Å². The first-order valence-electron chi connectivity index (χ1n) is 9.51. The molecule has 29 heavy (non-hydrogen) atoms. The van der Waals surface area contributed by atoms with Gasteiger partial charge in [-0.15, -0.1) is 5.10 Å². The Morgan fingerprint density at radius 3 is 2.59 bits per heavy atom. The highest BCUT2D eigenvalue weighted by molar-refractivity contribution is 7.71. The minimum Gasteiger partial charge on any atom is -0.508 e. The van der Waals surface area contributed by atoms with Gasteiger partial charge < -0.3 is 28.8 Å². The molecule has 1 aromatic heterocycles. The van der Waals surface area contributed by atoms with Gasteiger partial charge >= 0.3 is 0 Å². The lowest BCUT2D eigenvalue weighted by molar-refractivity contribution is -0.924. The van der Waals surface area contributed by atoms with E-state index in [1.807, 2.05) is 30.3 Å². The smallest absolute Gasteiger partial charge is 0.292 e. The molecule has 0 unspecified atom stereocenters. The third-order valence-electron chi connectivity index (χ3n) is 5.28. The third-order valence-corrected chi connectivity index (χ3v) is 5.58. The average Bonchev–Trinajstić information content (AvgIpc) is 3.35. The maximum absolute atomic E-state index is 9.45. The van der Waals surface area contributed by atoms with E-state index in [4.69, 9.17) is 26.1 Å². The number of hydrogen-bond donors (Lipinski definition) is 2. The van der Waals surface area contributed by atoms with Gasteiger partial charge in [0.2, 0.25) is 12.7 Å². The van der Waals surface area contributed by atoms with Gasteiger partial charge in [-0.05, 0) is 54.7 Å². The lowest BCUT2D eigenvalue weighted by atomic mass is 10.2. The largest absolute Gasteiger partial charge is 0.508 e. The molecule has 3 heterocycles. The number of phenolic OH excluding ortho intramolecular Hbond substituents is 1. The summed E-state index contributed by atoms with van der Waals surface area (Å²) in [4.78, 5) is 4.08. The SMILES string of the molecule is Oc1ccc(N2CC[NH+](Cn3nc(-c4ccc5c(c4)OCO5)oc3=S)CC2)cc1. The predicted molar refractivity (Wildman–Crippen MR) is 108 cm³/mol. The predicted octanol–water partition coefficient (Wildman–Crippen LogP) is 1.67. The molecule has 5 rings (SSSR count). The average molecular weight is 413 g/mol. The summed E-state index contributed by atoms with van der Waals surface area (Å²) in [6.45, 7) is 4.69. The Kier molecular flexibility index (Phi) is 4.61. The number of aromatic hydroxyl groups is 1. The number of aromatic nitrogens is 2. The number of piperazine rings is 1. The molecule has 3 aromatic rings. The zero-order chi connectivity index (χ0) is 19.8. The summed E-state index contributed by atoms with van der Waals surface area (Å²) in [7, 11) is 0. The van der Waals surface area contributed by atoms with Crippen LogP contribution < -0.4 is 19.3 Å². The van der Waals surface area contributed by atoms with Crippen molar-refractivity contribution in [2.24, 2.45) is 0 Å². The quantitative estimate of drug-likeness (QED) is 0.630. The molecule has 0 radical (unpaired) electrons. The molecule has 0 atom stereocenters. The highest BCUT2D eigenvalue weighted by Gasteiger charge is 2.22. The molecular formula is C20H21N4O4S+. The van der Waals surface area contributed by atoms with Gasteiger partial charge in [-0.3, -0.25) is 0 Å². The number of benzene rings is 2. The van der Waals surface area contributed by atoms with Crippen LogP contribution in [-0.4, -0.2) is 47.9 Å². The molecule has 0 aliphatic carbocycles. The second-order valence-electron chi connectivity index (χ2n) is 7.15. The van der Waals surface area contributed by atoms with Gasteiger partial charge in [0.05, 0.1) is 26.2 Å². The number of nitrogens with one attached hydrogen (secondary N) is 1. The second-order valence-corrected chi connectivity index (χ2v) is 7.50. The van der Waals surface area contributed by atoms with Gasteiger partial charge in [-0.1, -0.05) is 0 Å². The van der Waals surface area contributed by atoms with Gasteiger partial charge in [0.1, 0.15) is 5.75 Å². The monoisotopic (exact) mass is 413 g/mol. The summed E-state index contributed by atoms with van der Waals surface area (Å²) in [6.07, 6.45) is 0. The molecule has 0 spiro atoms. The van der Waals surface area contributed by atoms with Crippen LogP contribution in [0.4, 0.5) is 5.69 Å². The Balaban J connectivity index is 1.25. The van der Waals surface area contributed by atoms with Crippen molar-refractivity contribution in [1.82, 2.24) is 9.78 Å². The van der Waals surface area contributed by atoms with Crippen molar-refractivity contribution in [3.8, 4) is 28.7 Å². The lowest BCUT2D eigenvalue weighted by Gasteiger charge is -2.33. The molecule has 0 bridgehead atoms. The van der Waals surface area contributed by atoms with E-state index in [2.05, 4.69) is 10.00 Å². The topological polar surface area (TPSA) is 77.3 Å². The number of ether oxygens (including phenoxy) is 2. The van der Waals surface area contributed by atoms with Crippen LogP contribution in [0.5, 0.6) is 17.2 Å². The summed E-state index contributed by atoms with van der Waals surface area (Å²) in [5, 5.41) is 14.0. The molecule has 1 fully saturated rings. The molecule has 0 amide bonds. The first kappa shape index (κ1) is 18.0. The first-order chi connectivity index (χ1) is 14.2. The molecule has 9 heteroatoms. The van der Waals surface area contributed by atoms with E-state index in [1.165, 1.54) is 4.90 Å².